The highest BCUT2D eigenvalue weighted by Crippen LogP contribution is 2.32. The Labute approximate surface area is 98.0 Å². The second kappa shape index (κ2) is 4.00. The van der Waals surface area contributed by atoms with Crippen LogP contribution in [0.1, 0.15) is 22.2 Å². The molecule has 6 nitrogen and oxygen atoms in total. The Morgan fingerprint density at radius 2 is 2.06 bits per heavy atom. The summed E-state index contributed by atoms with van der Waals surface area (Å²) in [6.45, 7) is -0.457. The molecule has 0 bridgehead atoms. The Bertz CT molecular complexity index is 490. The van der Waals surface area contributed by atoms with Crippen LogP contribution in [0.15, 0.2) is 10.8 Å². The SMILES string of the molecule is O=C(O)c1ncoc1C1CN(C(=O)C(F)(F)F)C1. The number of aromatic nitrogens is 1. The van der Waals surface area contributed by atoms with E-state index in [1.165, 1.54) is 0 Å². The summed E-state index contributed by atoms with van der Waals surface area (Å²) in [6, 6.07) is 0. The topological polar surface area (TPSA) is 83.6 Å². The van der Waals surface area contributed by atoms with Crippen LogP contribution in [0.2, 0.25) is 0 Å². The number of alkyl halides is 3. The molecule has 1 saturated heterocycles. The average molecular weight is 264 g/mol. The molecule has 2 rings (SSSR count). The molecule has 0 aliphatic carbocycles. The zero-order valence-corrected chi connectivity index (χ0v) is 8.77. The second-order valence-electron chi connectivity index (χ2n) is 3.78. The number of carbonyl (C=O) groups excluding carboxylic acids is 1. The third kappa shape index (κ3) is 2.03. The second-order valence-corrected chi connectivity index (χ2v) is 3.78. The molecule has 2 heterocycles. The Kier molecular flexibility index (Phi) is 2.76. The molecular formula is C9H7F3N2O4. The number of carboxylic acid groups (broad SMARTS) is 1. The molecule has 0 spiro atoms. The molecule has 0 aromatic carbocycles. The van der Waals surface area contributed by atoms with E-state index in [0.717, 1.165) is 6.39 Å². The molecule has 0 radical (unpaired) electrons. The highest BCUT2D eigenvalue weighted by Gasteiger charge is 2.48. The Morgan fingerprint density at radius 1 is 1.44 bits per heavy atom. The maximum atomic E-state index is 12.1. The molecule has 0 saturated carbocycles. The summed E-state index contributed by atoms with van der Waals surface area (Å²) < 4.78 is 41.1. The number of aromatic carboxylic acids is 1. The minimum atomic E-state index is -4.91. The van der Waals surface area contributed by atoms with Crippen molar-refractivity contribution in [2.45, 2.75) is 12.1 Å². The van der Waals surface area contributed by atoms with Gasteiger partial charge in [-0.2, -0.15) is 13.2 Å². The van der Waals surface area contributed by atoms with Gasteiger partial charge in [0.1, 0.15) is 5.76 Å². The summed E-state index contributed by atoms with van der Waals surface area (Å²) in [5, 5.41) is 8.74. The number of nitrogens with zero attached hydrogens (tertiary/aromatic N) is 2. The fourth-order valence-electron chi connectivity index (χ4n) is 1.69. The van der Waals surface area contributed by atoms with Crippen LogP contribution in [0.3, 0.4) is 0 Å². The van der Waals surface area contributed by atoms with Gasteiger partial charge in [0.25, 0.3) is 0 Å². The first-order chi connectivity index (χ1) is 8.30. The molecule has 1 aromatic rings. The van der Waals surface area contributed by atoms with Gasteiger partial charge in [-0.05, 0) is 0 Å². The Morgan fingerprint density at radius 3 is 2.56 bits per heavy atom. The monoisotopic (exact) mass is 264 g/mol. The van der Waals surface area contributed by atoms with Crippen molar-refractivity contribution in [1.29, 1.82) is 0 Å². The van der Waals surface area contributed by atoms with Gasteiger partial charge in [-0.1, -0.05) is 0 Å². The summed E-state index contributed by atoms with van der Waals surface area (Å²) in [5.41, 5.74) is -0.334. The fourth-order valence-corrected chi connectivity index (χ4v) is 1.69. The van der Waals surface area contributed by atoms with E-state index in [2.05, 4.69) is 4.98 Å². The number of carbonyl (C=O) groups is 2. The van der Waals surface area contributed by atoms with Gasteiger partial charge < -0.3 is 14.4 Å². The van der Waals surface area contributed by atoms with Gasteiger partial charge in [-0.25, -0.2) is 9.78 Å². The standard InChI is InChI=1S/C9H7F3N2O4/c10-9(11,12)8(17)14-1-4(2-14)6-5(7(15)16)13-3-18-6/h3-4H,1-2H2,(H,15,16). The smallest absolute Gasteiger partial charge is 0.471 e. The van der Waals surface area contributed by atoms with Crippen molar-refractivity contribution in [3.8, 4) is 0 Å². The van der Waals surface area contributed by atoms with Crippen LogP contribution in [0.25, 0.3) is 0 Å². The summed E-state index contributed by atoms with van der Waals surface area (Å²) in [5.74, 6) is -3.83. The number of rotatable bonds is 2. The van der Waals surface area contributed by atoms with Crippen molar-refractivity contribution in [3.05, 3.63) is 17.8 Å². The van der Waals surface area contributed by atoms with Gasteiger partial charge in [-0.15, -0.1) is 0 Å². The first kappa shape index (κ1) is 12.4. The number of oxazole rings is 1. The van der Waals surface area contributed by atoms with Crippen molar-refractivity contribution in [2.75, 3.05) is 13.1 Å². The normalized spacial score (nSPS) is 16.5. The predicted molar refractivity (Wildman–Crippen MR) is 48.8 cm³/mol. The van der Waals surface area contributed by atoms with Gasteiger partial charge in [0.15, 0.2) is 12.1 Å². The van der Waals surface area contributed by atoms with E-state index < -0.39 is 24.0 Å². The maximum Gasteiger partial charge on any atom is 0.471 e. The van der Waals surface area contributed by atoms with Crippen LogP contribution >= 0.6 is 0 Å². The van der Waals surface area contributed by atoms with Crippen molar-refractivity contribution in [2.24, 2.45) is 0 Å². The van der Waals surface area contributed by atoms with Crippen molar-refractivity contribution >= 4 is 11.9 Å². The van der Waals surface area contributed by atoms with Gasteiger partial charge in [-0.3, -0.25) is 4.79 Å². The molecule has 1 aliphatic heterocycles. The molecule has 1 N–H and O–H groups in total. The number of halogens is 3. The lowest BCUT2D eigenvalue weighted by Crippen LogP contribution is -2.53. The van der Waals surface area contributed by atoms with Crippen LogP contribution in [0.5, 0.6) is 0 Å². The largest absolute Gasteiger partial charge is 0.476 e. The van der Waals surface area contributed by atoms with E-state index in [0.29, 0.717) is 4.90 Å². The Hall–Kier alpha value is -2.06. The summed E-state index contributed by atoms with van der Waals surface area (Å²) in [4.78, 5) is 25.6. The summed E-state index contributed by atoms with van der Waals surface area (Å²) >= 11 is 0. The van der Waals surface area contributed by atoms with Crippen LogP contribution in [-0.4, -0.2) is 46.1 Å². The Balaban J connectivity index is 2.03. The predicted octanol–water partition coefficient (Wildman–Crippen LogP) is 0.861. The molecule has 98 valence electrons. The molecular weight excluding hydrogens is 257 g/mol. The van der Waals surface area contributed by atoms with Crippen LogP contribution < -0.4 is 0 Å². The van der Waals surface area contributed by atoms with E-state index in [1.54, 1.807) is 0 Å². The first-order valence-corrected chi connectivity index (χ1v) is 4.83. The van der Waals surface area contributed by atoms with E-state index in [9.17, 15) is 22.8 Å². The van der Waals surface area contributed by atoms with E-state index in [4.69, 9.17) is 9.52 Å². The zero-order valence-electron chi connectivity index (χ0n) is 8.77. The van der Waals surface area contributed by atoms with Gasteiger partial charge >= 0.3 is 18.1 Å². The average Bonchev–Trinajstić information content (AvgIpc) is 2.62. The van der Waals surface area contributed by atoms with Crippen LogP contribution in [0.4, 0.5) is 13.2 Å². The lowest BCUT2D eigenvalue weighted by Gasteiger charge is -2.38. The molecule has 9 heteroatoms. The lowest BCUT2D eigenvalue weighted by molar-refractivity contribution is -0.190. The molecule has 1 amide bonds. The van der Waals surface area contributed by atoms with E-state index >= 15 is 0 Å². The van der Waals surface area contributed by atoms with Crippen molar-refractivity contribution in [1.82, 2.24) is 9.88 Å². The molecule has 1 aliphatic rings. The van der Waals surface area contributed by atoms with Crippen molar-refractivity contribution < 1.29 is 32.3 Å². The third-order valence-corrected chi connectivity index (χ3v) is 2.58. The molecule has 0 atom stereocenters. The molecule has 18 heavy (non-hydrogen) atoms. The number of hydrogen-bond acceptors (Lipinski definition) is 4. The zero-order chi connectivity index (χ0) is 13.5. The minimum Gasteiger partial charge on any atom is -0.476 e. The number of carboxylic acids is 1. The summed E-state index contributed by atoms with van der Waals surface area (Å²) in [7, 11) is 0. The third-order valence-electron chi connectivity index (χ3n) is 2.58. The van der Waals surface area contributed by atoms with Gasteiger partial charge in [0, 0.05) is 13.1 Å². The molecule has 1 fully saturated rings. The summed E-state index contributed by atoms with van der Waals surface area (Å²) in [6.07, 6.45) is -4.00. The van der Waals surface area contributed by atoms with Gasteiger partial charge in [0.05, 0.1) is 5.92 Å². The molecule has 1 aromatic heterocycles. The van der Waals surface area contributed by atoms with Crippen LogP contribution in [-0.2, 0) is 4.79 Å². The minimum absolute atomic E-state index is 0.00581. The van der Waals surface area contributed by atoms with Crippen molar-refractivity contribution in [3.63, 3.8) is 0 Å². The lowest BCUT2D eigenvalue weighted by atomic mass is 9.95. The molecule has 0 unspecified atom stereocenters. The highest BCUT2D eigenvalue weighted by molar-refractivity contribution is 5.87. The fraction of sp³-hybridized carbons (Fsp3) is 0.444. The highest BCUT2D eigenvalue weighted by atomic mass is 19.4. The number of hydrogen-bond donors (Lipinski definition) is 1. The first-order valence-electron chi connectivity index (χ1n) is 4.83. The van der Waals surface area contributed by atoms with Gasteiger partial charge in [0.2, 0.25) is 0 Å². The maximum absolute atomic E-state index is 12.1. The van der Waals surface area contributed by atoms with Crippen LogP contribution in [0, 0.1) is 0 Å². The van der Waals surface area contributed by atoms with E-state index in [1.807, 2.05) is 0 Å². The quantitative estimate of drug-likeness (QED) is 0.856. The number of likely N-dealkylation sites (tertiary alicyclic amines) is 1. The number of amides is 1. The van der Waals surface area contributed by atoms with E-state index in [-0.39, 0.29) is 24.5 Å².